The number of hydrogen-bond acceptors (Lipinski definition) is 8. The number of nitrogens with zero attached hydrogens (tertiary/aromatic N) is 2. The largest absolute Gasteiger partial charge is 0.456 e. The fourth-order valence-electron chi connectivity index (χ4n) is 19.9. The van der Waals surface area contributed by atoms with Gasteiger partial charge < -0.3 is 36.3 Å². The zero-order chi connectivity index (χ0) is 84.0. The maximum Gasteiger partial charge on any atom is 0.144 e. The number of para-hydroxylation sites is 6. The minimum Gasteiger partial charge on any atom is -0.456 e. The molecule has 128 heavy (non-hydrogen) atoms. The summed E-state index contributed by atoms with van der Waals surface area (Å²) in [5.41, 5.74) is 35.8. The van der Waals surface area contributed by atoms with E-state index >= 15 is 0 Å². The van der Waals surface area contributed by atoms with E-state index in [4.69, 9.17) is 26.5 Å². The summed E-state index contributed by atoms with van der Waals surface area (Å²) < 4.78 is 39.9. The van der Waals surface area contributed by atoms with Crippen molar-refractivity contribution in [3.05, 3.63) is 437 Å². The van der Waals surface area contributed by atoms with Crippen LogP contribution in [0.25, 0.3) is 232 Å². The maximum absolute atomic E-state index is 7.15. The van der Waals surface area contributed by atoms with Gasteiger partial charge >= 0.3 is 0 Å². The van der Waals surface area contributed by atoms with Crippen molar-refractivity contribution in [2.24, 2.45) is 0 Å². The van der Waals surface area contributed by atoms with E-state index in [2.05, 4.69) is 398 Å². The summed E-state index contributed by atoms with van der Waals surface area (Å²) in [6, 6.07) is 156. The fraction of sp³-hybridized carbons (Fsp3) is 0. The van der Waals surface area contributed by atoms with Gasteiger partial charge in [-0.2, -0.15) is 0 Å². The maximum atomic E-state index is 7.15. The summed E-state index contributed by atoms with van der Waals surface area (Å²) in [5, 5.41) is 13.0. The SMILES string of the molecule is c1ccc(-c2ccc(-c3ccc(-c4ccc(N(c5ccc(-c6cccc7oc8ccccc8c67)cc5)c5ccc(-c6ccc(-c7cccc8c7oc7cccc(-c9ccc(N(c%10ccc(-c%11ccc%12oc%13ccccc%13c%12c%11)cc%10)c%10ccc(-c%11cccc%12oc%13ccccc%13c%11%12)cc%10)cc9)c78)c7oc8ccccc8c67)cc5)cc4)cc3)c3c2oc2ccccc23)cc1. The Kier molecular flexibility index (Phi) is 16.6. The molecule has 0 aliphatic heterocycles. The average molecular weight is 1640 g/mol. The Morgan fingerprint density at radius 1 is 0.125 bits per heavy atom. The summed E-state index contributed by atoms with van der Waals surface area (Å²) in [4.78, 5) is 4.69. The summed E-state index contributed by atoms with van der Waals surface area (Å²) in [6.07, 6.45) is 0. The van der Waals surface area contributed by atoms with E-state index in [-0.39, 0.29) is 0 Å². The molecule has 26 rings (SSSR count). The van der Waals surface area contributed by atoms with Gasteiger partial charge in [-0.3, -0.25) is 0 Å². The van der Waals surface area contributed by atoms with Crippen LogP contribution in [0.4, 0.5) is 34.1 Å². The third-order valence-electron chi connectivity index (χ3n) is 26.0. The molecule has 6 heterocycles. The summed E-state index contributed by atoms with van der Waals surface area (Å²) in [5.74, 6) is 0. The molecule has 0 unspecified atom stereocenters. The summed E-state index contributed by atoms with van der Waals surface area (Å²) in [6.45, 7) is 0. The van der Waals surface area contributed by atoms with Crippen LogP contribution in [0.15, 0.2) is 463 Å². The molecule has 598 valence electrons. The number of anilines is 6. The lowest BCUT2D eigenvalue weighted by atomic mass is 9.93. The highest BCUT2D eigenvalue weighted by molar-refractivity contribution is 6.22. The third-order valence-corrected chi connectivity index (χ3v) is 26.0. The normalized spacial score (nSPS) is 11.9. The number of hydrogen-bond donors (Lipinski definition) is 0. The lowest BCUT2D eigenvalue weighted by Gasteiger charge is -2.26. The van der Waals surface area contributed by atoms with E-state index in [1.165, 1.54) is 0 Å². The summed E-state index contributed by atoms with van der Waals surface area (Å²) in [7, 11) is 0. The standard InChI is InChI=1S/C120H72N2O6/c1-2-18-76(19-3-1)94-69-67-92(116-100-23-7-12-33-107(100)126-119(94)116)77-40-38-73(39-41-77)74-42-55-83(56-43-74)121(85-59-46-78(47-60-85)89-25-15-35-110-113(89)98-21-5-10-31-105(98)124-110)88-65-52-81(53-66-88)93-68-70-97(120-117(93)101-24-8-13-34-108(101)127-120)96-28-14-29-102-115-91(27-17-37-112(115)128-118(96)102)80-50-63-87(64-51-80)122(84-57-44-75(45-58-84)82-54-71-109-103(72-82)95-20-4-9-30-104(95)123-109)86-61-48-79(49-62-86)90-26-16-36-111-114(90)99-22-6-11-32-106(99)125-111/h1-72H. The number of fused-ring (bicyclic) bond motifs is 18. The van der Waals surface area contributed by atoms with Crippen molar-refractivity contribution in [1.82, 2.24) is 0 Å². The van der Waals surface area contributed by atoms with Crippen molar-refractivity contribution in [3.63, 3.8) is 0 Å². The zero-order valence-corrected chi connectivity index (χ0v) is 68.9. The second-order valence-corrected chi connectivity index (χ2v) is 33.1. The second kappa shape index (κ2) is 29.2. The van der Waals surface area contributed by atoms with Gasteiger partial charge in [-0.05, 0) is 229 Å². The zero-order valence-electron chi connectivity index (χ0n) is 68.9. The van der Waals surface area contributed by atoms with E-state index < -0.39 is 0 Å². The molecule has 6 aromatic heterocycles. The Balaban J connectivity index is 0.537. The van der Waals surface area contributed by atoms with E-state index in [9.17, 15) is 0 Å². The Bertz CT molecular complexity index is 8900. The van der Waals surface area contributed by atoms with Crippen LogP contribution >= 0.6 is 0 Å². The molecule has 8 heteroatoms. The van der Waals surface area contributed by atoms with Gasteiger partial charge in [-0.1, -0.05) is 291 Å². The minimum absolute atomic E-state index is 0.788. The van der Waals surface area contributed by atoms with Crippen LogP contribution in [0.1, 0.15) is 0 Å². The highest BCUT2D eigenvalue weighted by atomic mass is 16.4. The molecular weight excluding hydrogens is 1570 g/mol. The van der Waals surface area contributed by atoms with Crippen LogP contribution in [-0.4, -0.2) is 0 Å². The van der Waals surface area contributed by atoms with Crippen molar-refractivity contribution < 1.29 is 26.5 Å². The first kappa shape index (κ1) is 72.4. The molecule has 0 atom stereocenters. The molecule has 0 N–H and O–H groups in total. The molecule has 0 saturated carbocycles. The van der Waals surface area contributed by atoms with E-state index in [1.54, 1.807) is 0 Å². The van der Waals surface area contributed by atoms with Crippen molar-refractivity contribution in [1.29, 1.82) is 0 Å². The molecule has 20 aromatic carbocycles. The van der Waals surface area contributed by atoms with E-state index in [1.807, 2.05) is 48.5 Å². The molecule has 0 spiro atoms. The second-order valence-electron chi connectivity index (χ2n) is 33.1. The predicted molar refractivity (Wildman–Crippen MR) is 528 cm³/mol. The van der Waals surface area contributed by atoms with E-state index in [0.29, 0.717) is 0 Å². The van der Waals surface area contributed by atoms with Gasteiger partial charge in [-0.25, -0.2) is 0 Å². The Morgan fingerprint density at radius 2 is 0.375 bits per heavy atom. The molecule has 8 nitrogen and oxygen atoms in total. The highest BCUT2D eigenvalue weighted by Crippen LogP contribution is 2.51. The van der Waals surface area contributed by atoms with Crippen LogP contribution in [0, 0.1) is 0 Å². The average Bonchev–Trinajstić information content (AvgIpc) is 1.57. The van der Waals surface area contributed by atoms with Gasteiger partial charge in [0, 0.05) is 115 Å². The van der Waals surface area contributed by atoms with E-state index in [0.717, 1.165) is 266 Å². The monoisotopic (exact) mass is 1640 g/mol. The third kappa shape index (κ3) is 11.8. The van der Waals surface area contributed by atoms with Crippen molar-refractivity contribution in [2.75, 3.05) is 9.80 Å². The molecule has 0 radical (unpaired) electrons. The minimum atomic E-state index is 0.788. The number of benzene rings is 20. The van der Waals surface area contributed by atoms with Crippen molar-refractivity contribution in [2.45, 2.75) is 0 Å². The van der Waals surface area contributed by atoms with Gasteiger partial charge in [0.1, 0.15) is 67.0 Å². The molecule has 0 amide bonds. The molecule has 26 aromatic rings. The summed E-state index contributed by atoms with van der Waals surface area (Å²) >= 11 is 0. The van der Waals surface area contributed by atoms with Crippen LogP contribution in [0.5, 0.6) is 0 Å². The number of furan rings is 6. The number of rotatable bonds is 15. The van der Waals surface area contributed by atoms with Gasteiger partial charge in [-0.15, -0.1) is 0 Å². The molecule has 0 saturated heterocycles. The van der Waals surface area contributed by atoms with Crippen molar-refractivity contribution >= 4 is 166 Å². The molecule has 0 bridgehead atoms. The van der Waals surface area contributed by atoms with Crippen molar-refractivity contribution in [3.8, 4) is 100 Å². The molecular formula is C120H72N2O6. The fourth-order valence-corrected chi connectivity index (χ4v) is 19.9. The lowest BCUT2D eigenvalue weighted by molar-refractivity contribution is 0.665. The van der Waals surface area contributed by atoms with Crippen LogP contribution in [-0.2, 0) is 0 Å². The highest BCUT2D eigenvalue weighted by Gasteiger charge is 2.26. The first-order valence-electron chi connectivity index (χ1n) is 43.4. The topological polar surface area (TPSA) is 85.3 Å². The first-order valence-corrected chi connectivity index (χ1v) is 43.4. The first-order chi connectivity index (χ1) is 63.4. The van der Waals surface area contributed by atoms with Crippen LogP contribution in [0.2, 0.25) is 0 Å². The van der Waals surface area contributed by atoms with Gasteiger partial charge in [0.2, 0.25) is 0 Å². The Hall–Kier alpha value is -17.2. The molecule has 0 fully saturated rings. The quantitative estimate of drug-likeness (QED) is 0.100. The van der Waals surface area contributed by atoms with Crippen LogP contribution < -0.4 is 9.80 Å². The molecule has 0 aliphatic rings. The Morgan fingerprint density at radius 3 is 0.828 bits per heavy atom. The van der Waals surface area contributed by atoms with Gasteiger partial charge in [0.25, 0.3) is 0 Å². The molecule has 0 aliphatic carbocycles. The van der Waals surface area contributed by atoms with Gasteiger partial charge in [0.05, 0.1) is 0 Å². The van der Waals surface area contributed by atoms with Gasteiger partial charge in [0.15, 0.2) is 0 Å². The smallest absolute Gasteiger partial charge is 0.144 e. The lowest BCUT2D eigenvalue weighted by Crippen LogP contribution is -2.09. The Labute approximate surface area is 734 Å². The van der Waals surface area contributed by atoms with Crippen LogP contribution in [0.3, 0.4) is 0 Å². The predicted octanol–water partition coefficient (Wildman–Crippen LogP) is 35.0.